The molecule has 0 amide bonds. The second-order valence-electron chi connectivity index (χ2n) is 4.78. The number of hydrogen-bond acceptors (Lipinski definition) is 2. The van der Waals surface area contributed by atoms with Crippen molar-refractivity contribution in [3.8, 4) is 0 Å². The van der Waals surface area contributed by atoms with E-state index in [1.54, 1.807) is 0 Å². The van der Waals surface area contributed by atoms with Gasteiger partial charge in [-0.05, 0) is 25.7 Å². The first-order valence-corrected chi connectivity index (χ1v) is 5.63. The first kappa shape index (κ1) is 8.48. The van der Waals surface area contributed by atoms with E-state index in [1.165, 1.54) is 30.8 Å². The summed E-state index contributed by atoms with van der Waals surface area (Å²) in [6.07, 6.45) is 8.31. The molecule has 0 unspecified atom stereocenters. The molecule has 1 aromatic heterocycles. The number of aromatic amines is 1. The number of H-pyrrole nitrogens is 1. The molecule has 3 heteroatoms. The van der Waals surface area contributed by atoms with Gasteiger partial charge < -0.3 is 10.7 Å². The summed E-state index contributed by atoms with van der Waals surface area (Å²) in [4.78, 5) is 7.94. The maximum atomic E-state index is 5.77. The first-order chi connectivity index (χ1) is 6.83. The van der Waals surface area contributed by atoms with Crippen molar-refractivity contribution in [1.82, 2.24) is 9.97 Å². The Morgan fingerprint density at radius 3 is 2.64 bits per heavy atom. The topological polar surface area (TPSA) is 54.7 Å². The maximum absolute atomic E-state index is 5.77. The average molecular weight is 191 g/mol. The molecule has 2 aliphatic rings. The minimum atomic E-state index is 0.414. The SMILES string of the molecule is NC1CC(c2ncc(C3CCC3)[nH]2)C1. The molecule has 0 bridgehead atoms. The van der Waals surface area contributed by atoms with Crippen molar-refractivity contribution in [3.63, 3.8) is 0 Å². The highest BCUT2D eigenvalue weighted by atomic mass is 14.9. The van der Waals surface area contributed by atoms with Crippen LogP contribution < -0.4 is 5.73 Å². The third-order valence-corrected chi connectivity index (χ3v) is 3.72. The Bertz CT molecular complexity index is 321. The van der Waals surface area contributed by atoms with Gasteiger partial charge in [0.1, 0.15) is 5.82 Å². The second kappa shape index (κ2) is 3.09. The van der Waals surface area contributed by atoms with E-state index < -0.39 is 0 Å². The van der Waals surface area contributed by atoms with Gasteiger partial charge in [-0.2, -0.15) is 0 Å². The molecule has 2 saturated carbocycles. The van der Waals surface area contributed by atoms with Gasteiger partial charge in [0.25, 0.3) is 0 Å². The molecule has 0 atom stereocenters. The summed E-state index contributed by atoms with van der Waals surface area (Å²) in [6, 6.07) is 0.414. The smallest absolute Gasteiger partial charge is 0.109 e. The fraction of sp³-hybridized carbons (Fsp3) is 0.727. The lowest BCUT2D eigenvalue weighted by atomic mass is 9.80. The van der Waals surface area contributed by atoms with Gasteiger partial charge in [0.05, 0.1) is 0 Å². The van der Waals surface area contributed by atoms with E-state index in [0.29, 0.717) is 12.0 Å². The van der Waals surface area contributed by atoms with Crippen LogP contribution in [0.15, 0.2) is 6.20 Å². The minimum Gasteiger partial charge on any atom is -0.345 e. The number of imidazole rings is 1. The molecule has 0 radical (unpaired) electrons. The van der Waals surface area contributed by atoms with Gasteiger partial charge in [-0.15, -0.1) is 0 Å². The summed E-state index contributed by atoms with van der Waals surface area (Å²) < 4.78 is 0. The standard InChI is InChI=1S/C11H17N3/c12-9-4-8(5-9)11-13-6-10(14-11)7-2-1-3-7/h6-9H,1-5,12H2,(H,13,14). The van der Waals surface area contributed by atoms with Gasteiger partial charge in [0, 0.05) is 29.8 Å². The van der Waals surface area contributed by atoms with Crippen LogP contribution in [0.2, 0.25) is 0 Å². The molecule has 0 aromatic carbocycles. The predicted molar refractivity (Wildman–Crippen MR) is 55.1 cm³/mol. The average Bonchev–Trinajstić information content (AvgIpc) is 2.44. The number of aromatic nitrogens is 2. The van der Waals surface area contributed by atoms with Crippen LogP contribution in [0.25, 0.3) is 0 Å². The summed E-state index contributed by atoms with van der Waals surface area (Å²) in [6.45, 7) is 0. The molecule has 0 spiro atoms. The van der Waals surface area contributed by atoms with Crippen LogP contribution in [-0.4, -0.2) is 16.0 Å². The Labute approximate surface area is 84.1 Å². The van der Waals surface area contributed by atoms with Crippen molar-refractivity contribution in [3.05, 3.63) is 17.7 Å². The fourth-order valence-electron chi connectivity index (χ4n) is 2.37. The van der Waals surface area contributed by atoms with E-state index in [2.05, 4.69) is 9.97 Å². The van der Waals surface area contributed by atoms with E-state index >= 15 is 0 Å². The number of nitrogens with one attached hydrogen (secondary N) is 1. The van der Waals surface area contributed by atoms with Crippen LogP contribution in [-0.2, 0) is 0 Å². The lowest BCUT2D eigenvalue weighted by molar-refractivity contribution is 0.338. The zero-order valence-electron chi connectivity index (χ0n) is 8.37. The fourth-order valence-corrected chi connectivity index (χ4v) is 2.37. The van der Waals surface area contributed by atoms with E-state index in [4.69, 9.17) is 5.73 Å². The second-order valence-corrected chi connectivity index (χ2v) is 4.78. The zero-order chi connectivity index (χ0) is 9.54. The van der Waals surface area contributed by atoms with Gasteiger partial charge in [-0.3, -0.25) is 0 Å². The molecule has 1 heterocycles. The van der Waals surface area contributed by atoms with Crippen molar-refractivity contribution in [2.45, 2.75) is 50.0 Å². The largest absolute Gasteiger partial charge is 0.345 e. The van der Waals surface area contributed by atoms with Crippen LogP contribution in [0.3, 0.4) is 0 Å². The first-order valence-electron chi connectivity index (χ1n) is 5.63. The van der Waals surface area contributed by atoms with Crippen molar-refractivity contribution in [1.29, 1.82) is 0 Å². The van der Waals surface area contributed by atoms with Crippen molar-refractivity contribution >= 4 is 0 Å². The highest BCUT2D eigenvalue weighted by Gasteiger charge is 2.30. The van der Waals surface area contributed by atoms with Crippen molar-refractivity contribution in [2.24, 2.45) is 5.73 Å². The Balaban J connectivity index is 1.70. The van der Waals surface area contributed by atoms with E-state index in [0.717, 1.165) is 18.8 Å². The summed E-state index contributed by atoms with van der Waals surface area (Å²) in [7, 11) is 0. The maximum Gasteiger partial charge on any atom is 0.109 e. The highest BCUT2D eigenvalue weighted by molar-refractivity contribution is 5.14. The Kier molecular flexibility index (Phi) is 1.87. The molecular formula is C11H17N3. The van der Waals surface area contributed by atoms with Crippen LogP contribution in [0.4, 0.5) is 0 Å². The molecule has 76 valence electrons. The monoisotopic (exact) mass is 191 g/mol. The summed E-state index contributed by atoms with van der Waals surface area (Å²) in [5.41, 5.74) is 7.12. The van der Waals surface area contributed by atoms with Crippen LogP contribution >= 0.6 is 0 Å². The lowest BCUT2D eigenvalue weighted by Crippen LogP contribution is -2.35. The van der Waals surface area contributed by atoms with E-state index in [9.17, 15) is 0 Å². The molecule has 1 aromatic rings. The molecule has 3 N–H and O–H groups in total. The Morgan fingerprint density at radius 2 is 2.07 bits per heavy atom. The van der Waals surface area contributed by atoms with E-state index in [-0.39, 0.29) is 0 Å². The lowest BCUT2D eigenvalue weighted by Gasteiger charge is -2.31. The van der Waals surface area contributed by atoms with Crippen molar-refractivity contribution < 1.29 is 0 Å². The number of rotatable bonds is 2. The van der Waals surface area contributed by atoms with Crippen LogP contribution in [0, 0.1) is 0 Å². The molecule has 3 nitrogen and oxygen atoms in total. The molecule has 2 aliphatic carbocycles. The third kappa shape index (κ3) is 1.27. The normalized spacial score (nSPS) is 32.4. The molecule has 0 saturated heterocycles. The molecule has 3 rings (SSSR count). The number of nitrogens with two attached hydrogens (primary N) is 1. The molecular weight excluding hydrogens is 174 g/mol. The van der Waals surface area contributed by atoms with Crippen molar-refractivity contribution in [2.75, 3.05) is 0 Å². The molecule has 14 heavy (non-hydrogen) atoms. The quantitative estimate of drug-likeness (QED) is 0.750. The summed E-state index contributed by atoms with van der Waals surface area (Å²) in [5.74, 6) is 2.55. The van der Waals surface area contributed by atoms with Gasteiger partial charge in [-0.25, -0.2) is 4.98 Å². The molecule has 2 fully saturated rings. The molecule has 0 aliphatic heterocycles. The van der Waals surface area contributed by atoms with Gasteiger partial charge in [0.15, 0.2) is 0 Å². The summed E-state index contributed by atoms with van der Waals surface area (Å²) >= 11 is 0. The number of nitrogens with zero attached hydrogens (tertiary/aromatic N) is 1. The van der Waals surface area contributed by atoms with Crippen LogP contribution in [0.5, 0.6) is 0 Å². The minimum absolute atomic E-state index is 0.414. The zero-order valence-corrected chi connectivity index (χ0v) is 8.37. The highest BCUT2D eigenvalue weighted by Crippen LogP contribution is 2.38. The third-order valence-electron chi connectivity index (χ3n) is 3.72. The number of hydrogen-bond donors (Lipinski definition) is 2. The Morgan fingerprint density at radius 1 is 1.29 bits per heavy atom. The van der Waals surface area contributed by atoms with Gasteiger partial charge in [-0.1, -0.05) is 6.42 Å². The predicted octanol–water partition coefficient (Wildman–Crippen LogP) is 1.88. The van der Waals surface area contributed by atoms with Crippen LogP contribution in [0.1, 0.15) is 55.5 Å². The van der Waals surface area contributed by atoms with Gasteiger partial charge >= 0.3 is 0 Å². The van der Waals surface area contributed by atoms with E-state index in [1.807, 2.05) is 6.20 Å². The summed E-state index contributed by atoms with van der Waals surface area (Å²) in [5, 5.41) is 0. The Hall–Kier alpha value is -0.830. The van der Waals surface area contributed by atoms with Gasteiger partial charge in [0.2, 0.25) is 0 Å².